The van der Waals surface area contributed by atoms with Gasteiger partial charge in [-0.2, -0.15) is 0 Å². The Labute approximate surface area is 96.7 Å². The predicted molar refractivity (Wildman–Crippen MR) is 56.5 cm³/mol. The number of hydrogen-bond donors (Lipinski definition) is 0. The Morgan fingerprint density at radius 3 is 1.67 bits per heavy atom. The zero-order chi connectivity index (χ0) is 10.3. The maximum atomic E-state index is 5.76. The summed E-state index contributed by atoms with van der Waals surface area (Å²) in [5, 5.41) is 2.36. The quantitative estimate of drug-likeness (QED) is 0.601. The number of hydrogen-bond acceptors (Lipinski definition) is 4. The molecule has 0 aliphatic carbocycles. The minimum atomic E-state index is 0.299. The van der Waals surface area contributed by atoms with Crippen molar-refractivity contribution < 1.29 is 18.9 Å². The molecule has 0 saturated carbocycles. The summed E-state index contributed by atoms with van der Waals surface area (Å²) < 4.78 is 22.3. The van der Waals surface area contributed by atoms with Crippen molar-refractivity contribution in [3.8, 4) is 0 Å². The van der Waals surface area contributed by atoms with Crippen LogP contribution in [0.25, 0.3) is 0 Å². The third kappa shape index (κ3) is 4.02. The molecular formula is C10H18O4Se. The van der Waals surface area contributed by atoms with Crippen molar-refractivity contribution in [3.05, 3.63) is 0 Å². The fourth-order valence-corrected chi connectivity index (χ4v) is 4.23. The molecule has 4 nitrogen and oxygen atoms in total. The third-order valence-corrected chi connectivity index (χ3v) is 4.84. The average molecular weight is 281 g/mol. The molecule has 2 rings (SSSR count). The van der Waals surface area contributed by atoms with E-state index in [0.717, 1.165) is 0 Å². The summed E-state index contributed by atoms with van der Waals surface area (Å²) in [4.78, 5) is 0. The second-order valence-electron chi connectivity index (χ2n) is 3.58. The van der Waals surface area contributed by atoms with Gasteiger partial charge in [0.25, 0.3) is 0 Å². The molecular weight excluding hydrogens is 263 g/mol. The first-order valence-corrected chi connectivity index (χ1v) is 7.85. The van der Waals surface area contributed by atoms with Crippen LogP contribution in [0, 0.1) is 0 Å². The van der Waals surface area contributed by atoms with Crippen molar-refractivity contribution in [2.24, 2.45) is 0 Å². The van der Waals surface area contributed by atoms with Crippen LogP contribution in [0.1, 0.15) is 0 Å². The van der Waals surface area contributed by atoms with Crippen LogP contribution >= 0.6 is 0 Å². The van der Waals surface area contributed by atoms with Gasteiger partial charge in [0.1, 0.15) is 0 Å². The number of rotatable bonds is 0. The van der Waals surface area contributed by atoms with E-state index in [1.54, 1.807) is 0 Å². The Bertz CT molecular complexity index is 161. The van der Waals surface area contributed by atoms with Crippen molar-refractivity contribution in [2.45, 2.75) is 22.8 Å². The average Bonchev–Trinajstić information content (AvgIpc) is 2.65. The molecule has 0 bridgehead atoms. The Hall–Kier alpha value is 0.359. The van der Waals surface area contributed by atoms with Crippen molar-refractivity contribution >= 4 is 15.0 Å². The molecule has 2 saturated heterocycles. The fourth-order valence-electron chi connectivity index (χ4n) is 1.66. The van der Waals surface area contributed by atoms with Crippen molar-refractivity contribution in [1.29, 1.82) is 0 Å². The van der Waals surface area contributed by atoms with Crippen LogP contribution in [0.2, 0.25) is 10.6 Å². The molecule has 2 atom stereocenters. The van der Waals surface area contributed by atoms with Gasteiger partial charge in [-0.15, -0.1) is 0 Å². The van der Waals surface area contributed by atoms with E-state index in [1.165, 1.54) is 10.6 Å². The molecule has 88 valence electrons. The maximum absolute atomic E-state index is 5.76. The molecule has 0 aromatic heterocycles. The van der Waals surface area contributed by atoms with Gasteiger partial charge >= 0.3 is 96.4 Å². The van der Waals surface area contributed by atoms with Crippen LogP contribution < -0.4 is 0 Å². The molecule has 2 fully saturated rings. The molecule has 0 N–H and O–H groups in total. The van der Waals surface area contributed by atoms with Gasteiger partial charge in [-0.05, 0) is 0 Å². The van der Waals surface area contributed by atoms with Crippen molar-refractivity contribution in [3.63, 3.8) is 0 Å². The molecule has 2 aliphatic rings. The van der Waals surface area contributed by atoms with Crippen LogP contribution in [0.5, 0.6) is 0 Å². The molecule has 5 heteroatoms. The third-order valence-electron chi connectivity index (χ3n) is 2.47. The van der Waals surface area contributed by atoms with Crippen molar-refractivity contribution in [2.75, 3.05) is 39.6 Å². The van der Waals surface area contributed by atoms with Gasteiger partial charge < -0.3 is 0 Å². The summed E-state index contributed by atoms with van der Waals surface area (Å²) in [6.07, 6.45) is 0.598. The van der Waals surface area contributed by atoms with E-state index >= 15 is 0 Å². The van der Waals surface area contributed by atoms with Crippen LogP contribution in [0.3, 0.4) is 0 Å². The summed E-state index contributed by atoms with van der Waals surface area (Å²) in [6.45, 7) is 4.00. The fraction of sp³-hybridized carbons (Fsp3) is 1.00. The molecule has 0 spiro atoms. The zero-order valence-corrected chi connectivity index (χ0v) is 10.6. The topological polar surface area (TPSA) is 36.9 Å². The van der Waals surface area contributed by atoms with Crippen LogP contribution in [-0.2, 0) is 18.9 Å². The molecule has 0 unspecified atom stereocenters. The van der Waals surface area contributed by atoms with E-state index in [-0.39, 0.29) is 0 Å². The molecule has 0 aromatic rings. The Kier molecular flexibility index (Phi) is 5.39. The molecule has 0 amide bonds. The minimum absolute atomic E-state index is 0.299. The standard InChI is InChI=1S/C10H18O4Se/c1-2-12-4-6-14-10-8-15-7-9(10)13-5-3-11-1/h9-10H,1-8H2/t9-,10-/m0/s1. The summed E-state index contributed by atoms with van der Waals surface area (Å²) >= 11 is 0.692. The van der Waals surface area contributed by atoms with E-state index in [4.69, 9.17) is 18.9 Å². The SMILES string of the molecule is C1COCCO[C@H]2C[Se]C[C@@H]2OCCO1. The number of fused-ring (bicyclic) bond motifs is 1. The second-order valence-corrected chi connectivity index (χ2v) is 5.84. The molecule has 0 aromatic carbocycles. The van der Waals surface area contributed by atoms with Gasteiger partial charge in [-0.25, -0.2) is 0 Å². The zero-order valence-electron chi connectivity index (χ0n) is 8.85. The van der Waals surface area contributed by atoms with Gasteiger partial charge in [-0.1, -0.05) is 0 Å². The van der Waals surface area contributed by atoms with Gasteiger partial charge in [0.15, 0.2) is 0 Å². The molecule has 0 radical (unpaired) electrons. The van der Waals surface area contributed by atoms with E-state index in [1.807, 2.05) is 0 Å². The van der Waals surface area contributed by atoms with E-state index in [2.05, 4.69) is 0 Å². The summed E-state index contributed by atoms with van der Waals surface area (Å²) in [6, 6.07) is 0. The number of ether oxygens (including phenoxy) is 4. The van der Waals surface area contributed by atoms with Crippen molar-refractivity contribution in [1.82, 2.24) is 0 Å². The molecule has 2 heterocycles. The normalized spacial score (nSPS) is 35.2. The Morgan fingerprint density at radius 1 is 0.667 bits per heavy atom. The summed E-state index contributed by atoms with van der Waals surface area (Å²) in [5.74, 6) is 0. The first-order valence-electron chi connectivity index (χ1n) is 5.43. The van der Waals surface area contributed by atoms with E-state index in [0.29, 0.717) is 66.8 Å². The first kappa shape index (κ1) is 11.8. The van der Waals surface area contributed by atoms with Crippen LogP contribution in [-0.4, -0.2) is 66.8 Å². The Morgan fingerprint density at radius 2 is 1.13 bits per heavy atom. The first-order chi connectivity index (χ1) is 7.47. The van der Waals surface area contributed by atoms with Gasteiger partial charge in [0.05, 0.1) is 0 Å². The Balaban J connectivity index is 1.77. The van der Waals surface area contributed by atoms with Crippen LogP contribution in [0.15, 0.2) is 0 Å². The monoisotopic (exact) mass is 282 g/mol. The van der Waals surface area contributed by atoms with Gasteiger partial charge in [0.2, 0.25) is 0 Å². The summed E-state index contributed by atoms with van der Waals surface area (Å²) in [7, 11) is 0. The van der Waals surface area contributed by atoms with E-state index < -0.39 is 0 Å². The predicted octanol–water partition coefficient (Wildman–Crippen LogP) is 0.358. The van der Waals surface area contributed by atoms with Gasteiger partial charge in [-0.3, -0.25) is 0 Å². The molecule has 15 heavy (non-hydrogen) atoms. The van der Waals surface area contributed by atoms with Gasteiger partial charge in [0, 0.05) is 0 Å². The van der Waals surface area contributed by atoms with E-state index in [9.17, 15) is 0 Å². The molecule has 2 aliphatic heterocycles. The van der Waals surface area contributed by atoms with Crippen LogP contribution in [0.4, 0.5) is 0 Å². The summed E-state index contributed by atoms with van der Waals surface area (Å²) in [5.41, 5.74) is 0. The second kappa shape index (κ2) is 6.84.